The van der Waals surface area contributed by atoms with Gasteiger partial charge >= 0.3 is 0 Å². The largest absolute Gasteiger partial charge is 0.456 e. The van der Waals surface area contributed by atoms with E-state index in [0.717, 1.165) is 159 Å². The number of hydrogen-bond acceptors (Lipinski definition) is 14. The summed E-state index contributed by atoms with van der Waals surface area (Å²) in [6.45, 7) is 0. The zero-order valence-corrected chi connectivity index (χ0v) is 81.9. The third-order valence-corrected chi connectivity index (χ3v) is 43.5. The van der Waals surface area contributed by atoms with Crippen molar-refractivity contribution in [3.8, 4) is 148 Å². The summed E-state index contributed by atoms with van der Waals surface area (Å²) in [7, 11) is -9.70. The van der Waals surface area contributed by atoms with Crippen molar-refractivity contribution in [2.24, 2.45) is 0 Å². The second-order valence-corrected chi connectivity index (χ2v) is 49.2. The molecule has 0 fully saturated rings. The molecule has 8 aliphatic heterocycles. The molecule has 2 atom stereocenters. The van der Waals surface area contributed by atoms with Crippen LogP contribution in [0.4, 0.5) is 0 Å². The number of aromatic nitrogens is 2. The molecule has 8 aliphatic rings. The van der Waals surface area contributed by atoms with Crippen LogP contribution < -0.4 is 102 Å². The average molecular weight is 1970 g/mol. The van der Waals surface area contributed by atoms with Crippen LogP contribution in [0.2, 0.25) is 0 Å². The molecule has 0 spiro atoms. The summed E-state index contributed by atoms with van der Waals surface area (Å²) in [5, 5.41) is 23.8. The predicted octanol–water partition coefficient (Wildman–Crippen LogP) is 29.5. The van der Waals surface area contributed by atoms with Crippen molar-refractivity contribution in [1.29, 1.82) is 0 Å². The van der Waals surface area contributed by atoms with Crippen LogP contribution in [0.15, 0.2) is 461 Å². The number of nitrogens with zero attached hydrogens (tertiary/aromatic N) is 2. The van der Waals surface area contributed by atoms with Crippen LogP contribution in [0.5, 0.6) is 92.0 Å². The molecule has 0 bridgehead atoms. The average Bonchev–Trinajstić information content (AvgIpc) is 0.682. The molecule has 24 aromatic rings. The third kappa shape index (κ3) is 12.9. The quantitative estimate of drug-likeness (QED) is 0.150. The van der Waals surface area contributed by atoms with E-state index in [1.807, 2.05) is 243 Å². The molecule has 2 aromatic heterocycles. The first-order valence-electron chi connectivity index (χ1n) is 48.2. The fraction of sp³-hybridized carbons (Fsp3) is 0. The Labute approximate surface area is 842 Å². The number of rotatable bonds is 5. The monoisotopic (exact) mass is 1970 g/mol. The van der Waals surface area contributed by atoms with E-state index in [1.54, 1.807) is 12.4 Å². The van der Waals surface area contributed by atoms with Gasteiger partial charge in [-0.3, -0.25) is 9.97 Å². The minimum atomic E-state index is -3.33. The Balaban J connectivity index is 0.0000000926. The van der Waals surface area contributed by atoms with Crippen LogP contribution in [0.1, 0.15) is 0 Å². The Kier molecular flexibility index (Phi) is 19.4. The van der Waals surface area contributed by atoms with Gasteiger partial charge in [-0.1, -0.05) is 315 Å². The molecule has 2 unspecified atom stereocenters. The molecule has 22 aromatic carbocycles. The molecule has 690 valence electrons. The van der Waals surface area contributed by atoms with Gasteiger partial charge < -0.3 is 51.6 Å². The molecule has 146 heavy (non-hydrogen) atoms. The van der Waals surface area contributed by atoms with E-state index in [-0.39, 0.29) is 0 Å². The second-order valence-electron chi connectivity index (χ2n) is 37.1. The zero-order valence-electron chi connectivity index (χ0n) is 77.5. The van der Waals surface area contributed by atoms with E-state index in [1.165, 1.54) is 21.5 Å². The summed E-state index contributed by atoms with van der Waals surface area (Å²) in [5.74, 6) is 10.7. The fourth-order valence-electron chi connectivity index (χ4n) is 22.6. The van der Waals surface area contributed by atoms with E-state index >= 15 is 9.13 Å². The summed E-state index contributed by atoms with van der Waals surface area (Å²) in [6.07, 6.45) is 5.41. The lowest BCUT2D eigenvalue weighted by molar-refractivity contribution is 0.462. The SMILES string of the molecule is O=P12c3ccc4ccccc4c3Oc3cc(-c4cccc5ccccc45)cc(c31)Oc1c2ccc2ccccc12.O=P12c3ccccc3Oc3ccc(-c4ccc(-c5cccnc5)cc4)c(c31)Oc1ccccc12.O=P12c3ccccc3Oc3ccc(-c4ccnc5ccccc45)c(c31)Oc1ccccc12.S=P12c3c(cc(-c4cccc5ccccc45)cc3Oc3ccc4ccccc4c31)Oc1ccc3ccccc3c12. The Morgan fingerprint density at radius 3 is 1.02 bits per heavy atom. The minimum Gasteiger partial charge on any atom is -0.456 e. The van der Waals surface area contributed by atoms with E-state index in [4.69, 9.17) is 49.7 Å². The van der Waals surface area contributed by atoms with Crippen molar-refractivity contribution >= 4 is 178 Å². The first kappa shape index (κ1) is 85.5. The molecule has 0 radical (unpaired) electrons. The topological polar surface area (TPSA) is 151 Å². The van der Waals surface area contributed by atoms with Crippen LogP contribution in [-0.4, -0.2) is 9.97 Å². The Bertz CT molecular complexity index is 9780. The van der Waals surface area contributed by atoms with Gasteiger partial charge in [0, 0.05) is 56.5 Å². The van der Waals surface area contributed by atoms with Gasteiger partial charge in [-0.2, -0.15) is 0 Å². The first-order chi connectivity index (χ1) is 71.9. The summed E-state index contributed by atoms with van der Waals surface area (Å²) < 4.78 is 98.1. The van der Waals surface area contributed by atoms with Crippen LogP contribution >= 0.6 is 27.5 Å². The van der Waals surface area contributed by atoms with Gasteiger partial charge in [0.25, 0.3) is 0 Å². The molecule has 18 heteroatoms. The van der Waals surface area contributed by atoms with E-state index < -0.39 is 27.5 Å². The van der Waals surface area contributed by atoms with Gasteiger partial charge in [-0.15, -0.1) is 0 Å². The number of benzene rings is 22. The van der Waals surface area contributed by atoms with Gasteiger partial charge in [-0.05, 0) is 238 Å². The molecule has 13 nitrogen and oxygen atoms in total. The Morgan fingerprint density at radius 2 is 0.541 bits per heavy atom. The number of fused-ring (bicyclic) bond motifs is 27. The van der Waals surface area contributed by atoms with Gasteiger partial charge in [0.2, 0.25) is 0 Å². The number of para-hydroxylation sites is 5. The molecule has 0 saturated carbocycles. The molecule has 0 saturated heterocycles. The second kappa shape index (κ2) is 33.1. The maximum atomic E-state index is 15.7. The Hall–Kier alpha value is -17.3. The van der Waals surface area contributed by atoms with Crippen LogP contribution in [-0.2, 0) is 25.5 Å². The molecular formula is C128H76N2O11P4S. The van der Waals surface area contributed by atoms with Gasteiger partial charge in [0.1, 0.15) is 108 Å². The van der Waals surface area contributed by atoms with Gasteiger partial charge in [-0.25, -0.2) is 0 Å². The number of pyridine rings is 2. The van der Waals surface area contributed by atoms with E-state index in [9.17, 15) is 4.57 Å². The summed E-state index contributed by atoms with van der Waals surface area (Å²) in [5.41, 5.74) is 11.0. The van der Waals surface area contributed by atoms with Crippen molar-refractivity contribution < 1.29 is 51.6 Å². The smallest absolute Gasteiger partial charge is 0.185 e. The summed E-state index contributed by atoms with van der Waals surface area (Å²) in [6, 6.07) is 146. The van der Waals surface area contributed by atoms with E-state index in [2.05, 4.69) is 216 Å². The zero-order chi connectivity index (χ0) is 96.8. The maximum absolute atomic E-state index is 15.7. The van der Waals surface area contributed by atoms with Gasteiger partial charge in [0.15, 0.2) is 21.4 Å². The van der Waals surface area contributed by atoms with E-state index in [0.29, 0.717) is 106 Å². The number of hydrogen-bond donors (Lipinski definition) is 0. The van der Waals surface area contributed by atoms with Crippen LogP contribution in [0.3, 0.4) is 0 Å². The first-order valence-corrected chi connectivity index (χ1v) is 56.2. The van der Waals surface area contributed by atoms with Crippen molar-refractivity contribution in [2.45, 2.75) is 0 Å². The highest BCUT2D eigenvalue weighted by Crippen LogP contribution is 2.67. The van der Waals surface area contributed by atoms with Crippen LogP contribution in [0.25, 0.3) is 131 Å². The Morgan fingerprint density at radius 1 is 0.192 bits per heavy atom. The minimum absolute atomic E-state index is 0.582. The number of ether oxygens (including phenoxy) is 8. The highest BCUT2D eigenvalue weighted by molar-refractivity contribution is 8.26. The predicted molar refractivity (Wildman–Crippen MR) is 596 cm³/mol. The highest BCUT2D eigenvalue weighted by atomic mass is 32.4. The lowest BCUT2D eigenvalue weighted by Crippen LogP contribution is -2.35. The normalized spacial score (nSPS) is 15.6. The summed E-state index contributed by atoms with van der Waals surface area (Å²) in [4.78, 5) is 8.71. The fourth-order valence-corrected chi connectivity index (χ4v) is 37.0. The van der Waals surface area contributed by atoms with Crippen molar-refractivity contribution in [3.63, 3.8) is 0 Å². The molecule has 10 heterocycles. The molecule has 0 aliphatic carbocycles. The lowest BCUT2D eigenvalue weighted by Gasteiger charge is -2.39. The van der Waals surface area contributed by atoms with Gasteiger partial charge in [0.05, 0.1) is 48.7 Å². The summed E-state index contributed by atoms with van der Waals surface area (Å²) >= 11 is 7.00. The third-order valence-electron chi connectivity index (χ3n) is 29.2. The molecule has 0 amide bonds. The molecular weight excluding hydrogens is 1900 g/mol. The maximum Gasteiger partial charge on any atom is 0.185 e. The molecule has 0 N–H and O–H groups in total. The molecule has 32 rings (SSSR count). The van der Waals surface area contributed by atoms with Crippen molar-refractivity contribution in [1.82, 2.24) is 9.97 Å². The standard InChI is InChI=1S/C36H21O3P.C36H21O2PS.C29H18NO3P.C27H16NO3P/c37-40-32-18-16-23-9-2-5-13-28(23)34(32)38-30-20-25(27-15-7-11-22-8-1-4-12-26(22)27)21-31(36(30)40)39-35-29-14-6-3-10-24(29)17-19-33(35)40;40-39-34-28-13-5-2-9-23(28)16-18-30(34)37-32-20-25(27-15-7-11-22-8-1-4-12-26(22)27)21-33(36(32)39)38-31-19-17-24-10-3-6-14-29(24)35(31)39;31-34-26-9-3-1-7-23(26)32-25-16-15-22(28(29(25)34)33-24-8-2-4-10-27(24)34)20-13-11-19(12-14-20)21-6-5-17-30-18-21;29-32-24-11-5-3-9-21(24)30-23-14-13-19(17-15-16-28-20-8-2-1-7-18(17)20)26(27(23)32)31-22-10-4-6-12-25(22)32/h2*1-21H;1-18H;1-16H. The van der Waals surface area contributed by atoms with Crippen molar-refractivity contribution in [3.05, 3.63) is 461 Å². The van der Waals surface area contributed by atoms with Crippen LogP contribution in [0, 0.1) is 0 Å². The highest BCUT2D eigenvalue weighted by Gasteiger charge is 2.52. The van der Waals surface area contributed by atoms with Crippen molar-refractivity contribution in [2.75, 3.05) is 0 Å². The lowest BCUT2D eigenvalue weighted by atomic mass is 9.98.